The number of carbonyl (C=O) groups is 1. The van der Waals surface area contributed by atoms with E-state index in [1.54, 1.807) is 17.1 Å². The highest BCUT2D eigenvalue weighted by molar-refractivity contribution is 5.79. The number of amides is 1. The highest BCUT2D eigenvalue weighted by atomic mass is 16.2. The van der Waals surface area contributed by atoms with Crippen LogP contribution in [0.4, 0.5) is 5.82 Å². The first-order chi connectivity index (χ1) is 11.6. The summed E-state index contributed by atoms with van der Waals surface area (Å²) >= 11 is 0. The van der Waals surface area contributed by atoms with Crippen molar-refractivity contribution in [2.45, 2.75) is 39.3 Å². The smallest absolute Gasteiger partial charge is 0.244 e. The van der Waals surface area contributed by atoms with Gasteiger partial charge in [0, 0.05) is 38.2 Å². The molecule has 1 saturated heterocycles. The monoisotopic (exact) mass is 327 g/mol. The molecule has 1 fully saturated rings. The van der Waals surface area contributed by atoms with Crippen LogP contribution in [0.3, 0.4) is 0 Å². The normalized spacial score (nSPS) is 16.8. The first-order valence-corrected chi connectivity index (χ1v) is 8.60. The molecule has 0 unspecified atom stereocenters. The molecular formula is C18H25N5O. The van der Waals surface area contributed by atoms with Gasteiger partial charge in [0.15, 0.2) is 0 Å². The Kier molecular flexibility index (Phi) is 5.13. The Labute approximate surface area is 142 Å². The largest absolute Gasteiger partial charge is 0.357 e. The van der Waals surface area contributed by atoms with Gasteiger partial charge in [-0.15, -0.1) is 0 Å². The lowest BCUT2D eigenvalue weighted by atomic mass is 9.99. The van der Waals surface area contributed by atoms with Gasteiger partial charge in [0.1, 0.15) is 11.9 Å². The number of nitrogens with zero attached hydrogens (tertiary/aromatic N) is 4. The molecule has 1 amide bonds. The second-order valence-corrected chi connectivity index (χ2v) is 6.57. The summed E-state index contributed by atoms with van der Waals surface area (Å²) in [7, 11) is 0. The number of anilines is 1. The van der Waals surface area contributed by atoms with Crippen LogP contribution in [0.15, 0.2) is 36.8 Å². The van der Waals surface area contributed by atoms with E-state index in [-0.39, 0.29) is 11.9 Å². The first kappa shape index (κ1) is 16.5. The van der Waals surface area contributed by atoms with Crippen molar-refractivity contribution in [3.05, 3.63) is 42.4 Å². The summed E-state index contributed by atoms with van der Waals surface area (Å²) < 4.78 is 1.65. The molecule has 3 heterocycles. The fourth-order valence-electron chi connectivity index (χ4n) is 2.91. The van der Waals surface area contributed by atoms with Crippen molar-refractivity contribution in [2.75, 3.05) is 18.0 Å². The lowest BCUT2D eigenvalue weighted by molar-refractivity contribution is -0.124. The van der Waals surface area contributed by atoms with Gasteiger partial charge in [0.25, 0.3) is 0 Å². The van der Waals surface area contributed by atoms with Crippen molar-refractivity contribution in [1.29, 1.82) is 0 Å². The average Bonchev–Trinajstić information content (AvgIpc) is 3.15. The maximum atomic E-state index is 12.2. The van der Waals surface area contributed by atoms with Crippen LogP contribution in [-0.2, 0) is 11.3 Å². The summed E-state index contributed by atoms with van der Waals surface area (Å²) in [6.07, 6.45) is 7.77. The molecule has 0 aromatic carbocycles. The summed E-state index contributed by atoms with van der Waals surface area (Å²) in [5, 5.41) is 7.04. The van der Waals surface area contributed by atoms with Gasteiger partial charge in [0.05, 0.1) is 0 Å². The molecule has 6 nitrogen and oxygen atoms in total. The lowest BCUT2D eigenvalue weighted by Crippen LogP contribution is -2.33. The van der Waals surface area contributed by atoms with Gasteiger partial charge in [-0.05, 0) is 43.4 Å². The summed E-state index contributed by atoms with van der Waals surface area (Å²) in [6.45, 7) is 6.77. The lowest BCUT2D eigenvalue weighted by Gasteiger charge is -2.31. The Morgan fingerprint density at radius 3 is 2.79 bits per heavy atom. The number of rotatable bonds is 5. The van der Waals surface area contributed by atoms with E-state index in [1.807, 2.05) is 25.3 Å². The number of aromatic nitrogens is 3. The number of hydrogen-bond donors (Lipinski definition) is 1. The minimum absolute atomic E-state index is 0.0483. The van der Waals surface area contributed by atoms with Gasteiger partial charge in [0.2, 0.25) is 5.91 Å². The van der Waals surface area contributed by atoms with E-state index in [2.05, 4.69) is 33.3 Å². The molecule has 3 rings (SSSR count). The van der Waals surface area contributed by atoms with Crippen LogP contribution in [0.1, 0.15) is 38.3 Å². The molecule has 6 heteroatoms. The van der Waals surface area contributed by atoms with E-state index in [4.69, 9.17) is 0 Å². The highest BCUT2D eigenvalue weighted by Crippen LogP contribution is 2.21. The molecule has 1 atom stereocenters. The quantitative estimate of drug-likeness (QED) is 0.916. The van der Waals surface area contributed by atoms with Gasteiger partial charge in [-0.1, -0.05) is 13.0 Å². The van der Waals surface area contributed by atoms with Crippen molar-refractivity contribution in [3.8, 4) is 0 Å². The Hall–Kier alpha value is -2.37. The molecule has 2 aromatic rings. The van der Waals surface area contributed by atoms with Gasteiger partial charge in [-0.2, -0.15) is 5.10 Å². The number of carbonyl (C=O) groups excluding carboxylic acids is 1. The van der Waals surface area contributed by atoms with Crippen LogP contribution in [0.2, 0.25) is 0 Å². The third-order valence-electron chi connectivity index (χ3n) is 4.68. The third kappa shape index (κ3) is 3.93. The molecule has 0 aliphatic carbocycles. The van der Waals surface area contributed by atoms with E-state index in [9.17, 15) is 4.79 Å². The Morgan fingerprint density at radius 2 is 2.17 bits per heavy atom. The predicted molar refractivity (Wildman–Crippen MR) is 93.6 cm³/mol. The molecule has 1 aliphatic rings. The number of hydrogen-bond acceptors (Lipinski definition) is 4. The summed E-state index contributed by atoms with van der Waals surface area (Å²) in [4.78, 5) is 19.1. The Bertz CT molecular complexity index is 645. The van der Waals surface area contributed by atoms with Crippen molar-refractivity contribution in [3.63, 3.8) is 0 Å². The molecule has 0 radical (unpaired) electrons. The van der Waals surface area contributed by atoms with Crippen LogP contribution < -0.4 is 10.2 Å². The summed E-state index contributed by atoms with van der Waals surface area (Å²) in [5.41, 5.74) is 1.00. The minimum atomic E-state index is -0.317. The van der Waals surface area contributed by atoms with Crippen molar-refractivity contribution in [1.82, 2.24) is 20.1 Å². The molecule has 1 aliphatic heterocycles. The fraction of sp³-hybridized carbons (Fsp3) is 0.500. The minimum Gasteiger partial charge on any atom is -0.357 e. The van der Waals surface area contributed by atoms with Crippen LogP contribution >= 0.6 is 0 Å². The van der Waals surface area contributed by atoms with Gasteiger partial charge in [-0.3, -0.25) is 9.48 Å². The van der Waals surface area contributed by atoms with Gasteiger partial charge >= 0.3 is 0 Å². The van der Waals surface area contributed by atoms with Gasteiger partial charge < -0.3 is 10.2 Å². The number of piperidine rings is 1. The van der Waals surface area contributed by atoms with Crippen molar-refractivity contribution in [2.24, 2.45) is 5.92 Å². The molecule has 128 valence electrons. The predicted octanol–water partition coefficient (Wildman–Crippen LogP) is 2.39. The van der Waals surface area contributed by atoms with Crippen molar-refractivity contribution < 1.29 is 4.79 Å². The molecule has 0 bridgehead atoms. The van der Waals surface area contributed by atoms with Crippen LogP contribution in [0, 0.1) is 5.92 Å². The van der Waals surface area contributed by atoms with Gasteiger partial charge in [-0.25, -0.2) is 4.98 Å². The second kappa shape index (κ2) is 7.47. The third-order valence-corrected chi connectivity index (χ3v) is 4.68. The molecule has 1 N–H and O–H groups in total. The van der Waals surface area contributed by atoms with E-state index in [1.165, 1.54) is 12.8 Å². The van der Waals surface area contributed by atoms with E-state index in [0.29, 0.717) is 6.54 Å². The van der Waals surface area contributed by atoms with Crippen LogP contribution in [-0.4, -0.2) is 33.8 Å². The Morgan fingerprint density at radius 1 is 1.38 bits per heavy atom. The maximum Gasteiger partial charge on any atom is 0.244 e. The molecular weight excluding hydrogens is 302 g/mol. The maximum absolute atomic E-state index is 12.2. The number of nitrogens with one attached hydrogen (secondary N) is 1. The van der Waals surface area contributed by atoms with E-state index < -0.39 is 0 Å². The zero-order chi connectivity index (χ0) is 16.9. The molecule has 0 spiro atoms. The van der Waals surface area contributed by atoms with Crippen LogP contribution in [0.25, 0.3) is 0 Å². The molecule has 2 aromatic heterocycles. The van der Waals surface area contributed by atoms with E-state index >= 15 is 0 Å². The summed E-state index contributed by atoms with van der Waals surface area (Å²) in [6, 6.07) is 5.59. The Balaban J connectivity index is 1.52. The zero-order valence-electron chi connectivity index (χ0n) is 14.4. The van der Waals surface area contributed by atoms with E-state index in [0.717, 1.165) is 30.4 Å². The zero-order valence-corrected chi connectivity index (χ0v) is 14.4. The molecule has 24 heavy (non-hydrogen) atoms. The highest BCUT2D eigenvalue weighted by Gasteiger charge is 2.17. The topological polar surface area (TPSA) is 63.1 Å². The van der Waals surface area contributed by atoms with Crippen molar-refractivity contribution >= 4 is 11.7 Å². The standard InChI is InChI=1S/C18H25N5O/c1-14-6-10-22(11-7-14)17-5-4-16(12-19-17)13-20-18(24)15(2)23-9-3-8-21-23/h3-5,8-9,12,14-15H,6-7,10-11,13H2,1-2H3,(H,20,24)/t15-/m1/s1. The average molecular weight is 327 g/mol. The SMILES string of the molecule is CC1CCN(c2ccc(CNC(=O)[C@@H](C)n3cccn3)cn2)CC1. The summed E-state index contributed by atoms with van der Waals surface area (Å²) in [5.74, 6) is 1.79. The van der Waals surface area contributed by atoms with Crippen LogP contribution in [0.5, 0.6) is 0 Å². The molecule has 0 saturated carbocycles. The number of pyridine rings is 1. The second-order valence-electron chi connectivity index (χ2n) is 6.57. The fourth-order valence-corrected chi connectivity index (χ4v) is 2.91. The first-order valence-electron chi connectivity index (χ1n) is 8.60.